The van der Waals surface area contributed by atoms with Crippen molar-refractivity contribution in [2.45, 2.75) is 13.3 Å². The highest BCUT2D eigenvalue weighted by Gasteiger charge is 2.27. The van der Waals surface area contributed by atoms with Crippen molar-refractivity contribution >= 4 is 22.8 Å². The summed E-state index contributed by atoms with van der Waals surface area (Å²) < 4.78 is 0. The maximum atomic E-state index is 12.0. The van der Waals surface area contributed by atoms with Crippen molar-refractivity contribution in [1.82, 2.24) is 19.9 Å². The van der Waals surface area contributed by atoms with Crippen LogP contribution in [0, 0.1) is 24.7 Å². The van der Waals surface area contributed by atoms with Crippen LogP contribution in [0.25, 0.3) is 22.3 Å². The van der Waals surface area contributed by atoms with E-state index in [0.29, 0.717) is 16.9 Å². The lowest BCUT2D eigenvalue weighted by atomic mass is 10.0. The zero-order valence-electron chi connectivity index (χ0n) is 15.2. The van der Waals surface area contributed by atoms with Crippen LogP contribution in [0.4, 0.5) is 5.82 Å². The second-order valence-corrected chi connectivity index (χ2v) is 6.72. The summed E-state index contributed by atoms with van der Waals surface area (Å²) in [5.74, 6) is 6.51. The molecule has 0 unspecified atom stereocenters. The Morgan fingerprint density at radius 2 is 2.07 bits per heavy atom. The number of hydrogen-bond acceptors (Lipinski definition) is 5. The molecule has 6 nitrogen and oxygen atoms in total. The summed E-state index contributed by atoms with van der Waals surface area (Å²) in [6, 6.07) is 9.79. The van der Waals surface area contributed by atoms with E-state index in [1.54, 1.807) is 4.90 Å². The van der Waals surface area contributed by atoms with Gasteiger partial charge in [-0.25, -0.2) is 15.0 Å². The first-order valence-corrected chi connectivity index (χ1v) is 8.77. The van der Waals surface area contributed by atoms with Crippen LogP contribution in [0.3, 0.4) is 0 Å². The molecule has 1 aliphatic heterocycles. The molecule has 0 bridgehead atoms. The number of nitrogens with zero attached hydrogens (tertiary/aromatic N) is 4. The molecule has 0 radical (unpaired) electrons. The largest absolute Gasteiger partial charge is 0.382 e. The summed E-state index contributed by atoms with van der Waals surface area (Å²) in [5, 5.41) is 0. The van der Waals surface area contributed by atoms with Crippen molar-refractivity contribution in [3.8, 4) is 23.1 Å². The van der Waals surface area contributed by atoms with Gasteiger partial charge in [-0.05, 0) is 43.2 Å². The molecule has 0 aliphatic carbocycles. The molecule has 1 aliphatic rings. The Morgan fingerprint density at radius 3 is 2.85 bits per heavy atom. The van der Waals surface area contributed by atoms with Gasteiger partial charge < -0.3 is 10.6 Å². The van der Waals surface area contributed by atoms with E-state index in [0.717, 1.165) is 35.3 Å². The molecular weight excluding hydrogens is 338 g/mol. The minimum atomic E-state index is -0.213. The molecule has 1 amide bonds. The summed E-state index contributed by atoms with van der Waals surface area (Å²) in [6.07, 6.45) is 2.22. The van der Waals surface area contributed by atoms with Gasteiger partial charge in [0.25, 0.3) is 0 Å². The molecule has 2 aromatic heterocycles. The maximum Gasteiger partial charge on any atom is 0.237 e. The molecule has 0 spiro atoms. The first-order chi connectivity index (χ1) is 13.0. The molecule has 3 heterocycles. The number of aromatic nitrogens is 3. The molecular formula is C21H19N5O. The molecule has 1 saturated heterocycles. The van der Waals surface area contributed by atoms with Crippen LogP contribution in [-0.2, 0) is 4.79 Å². The van der Waals surface area contributed by atoms with E-state index in [9.17, 15) is 4.79 Å². The van der Waals surface area contributed by atoms with Crippen LogP contribution in [-0.4, -0.2) is 39.4 Å². The molecule has 1 fully saturated rings. The summed E-state index contributed by atoms with van der Waals surface area (Å²) in [7, 11) is 1.81. The minimum absolute atomic E-state index is 0.0986. The Labute approximate surface area is 157 Å². The molecule has 27 heavy (non-hydrogen) atoms. The molecule has 0 saturated carbocycles. The Bertz CT molecular complexity index is 1110. The summed E-state index contributed by atoms with van der Waals surface area (Å²) in [4.78, 5) is 26.6. The molecule has 2 N–H and O–H groups in total. The van der Waals surface area contributed by atoms with E-state index in [1.165, 1.54) is 6.33 Å². The van der Waals surface area contributed by atoms with E-state index in [4.69, 9.17) is 5.73 Å². The molecule has 1 aromatic carbocycles. The fourth-order valence-electron chi connectivity index (χ4n) is 3.21. The number of aryl methyl sites for hydroxylation is 1. The number of fused-ring (bicyclic) bond motifs is 1. The number of hydrogen-bond donors (Lipinski definition) is 1. The normalized spacial score (nSPS) is 16.4. The second kappa shape index (κ2) is 6.69. The number of carbonyl (C=O) groups is 1. The molecule has 134 valence electrons. The quantitative estimate of drug-likeness (QED) is 0.676. The number of carbonyl (C=O) groups excluding carboxylic acids is 1. The third-order valence-corrected chi connectivity index (χ3v) is 4.84. The van der Waals surface area contributed by atoms with Crippen LogP contribution in [0.15, 0.2) is 36.7 Å². The highest BCUT2D eigenvalue weighted by molar-refractivity contribution is 5.86. The third kappa shape index (κ3) is 3.20. The number of nitrogen functional groups attached to an aromatic ring is 1. The van der Waals surface area contributed by atoms with Gasteiger partial charge >= 0.3 is 0 Å². The van der Waals surface area contributed by atoms with Crippen LogP contribution >= 0.6 is 0 Å². The van der Waals surface area contributed by atoms with Gasteiger partial charge in [0, 0.05) is 24.7 Å². The fourth-order valence-corrected chi connectivity index (χ4v) is 3.21. The van der Waals surface area contributed by atoms with Gasteiger partial charge in [0.15, 0.2) is 5.82 Å². The van der Waals surface area contributed by atoms with Crippen LogP contribution in [0.5, 0.6) is 0 Å². The first-order valence-electron chi connectivity index (χ1n) is 8.77. The number of amides is 1. The van der Waals surface area contributed by atoms with E-state index in [1.807, 2.05) is 44.3 Å². The van der Waals surface area contributed by atoms with Gasteiger partial charge in [-0.15, -0.1) is 0 Å². The minimum Gasteiger partial charge on any atom is -0.382 e. The van der Waals surface area contributed by atoms with Gasteiger partial charge in [-0.3, -0.25) is 4.79 Å². The highest BCUT2D eigenvalue weighted by atomic mass is 16.2. The van der Waals surface area contributed by atoms with Crippen LogP contribution in [0.1, 0.15) is 17.5 Å². The Balaban J connectivity index is 1.71. The van der Waals surface area contributed by atoms with Crippen molar-refractivity contribution in [2.75, 3.05) is 19.3 Å². The van der Waals surface area contributed by atoms with Gasteiger partial charge in [-0.2, -0.15) is 0 Å². The number of pyridine rings is 1. The van der Waals surface area contributed by atoms with Crippen molar-refractivity contribution < 1.29 is 4.79 Å². The summed E-state index contributed by atoms with van der Waals surface area (Å²) in [5.41, 5.74) is 10.9. The van der Waals surface area contributed by atoms with E-state index in [-0.39, 0.29) is 11.8 Å². The number of rotatable bonds is 1. The highest BCUT2D eigenvalue weighted by Crippen LogP contribution is 2.26. The Morgan fingerprint density at radius 1 is 1.22 bits per heavy atom. The smallest absolute Gasteiger partial charge is 0.237 e. The maximum absolute atomic E-state index is 12.0. The molecule has 6 heteroatoms. The molecule has 3 aromatic rings. The second-order valence-electron chi connectivity index (χ2n) is 6.72. The molecule has 1 atom stereocenters. The van der Waals surface area contributed by atoms with E-state index >= 15 is 0 Å². The van der Waals surface area contributed by atoms with Gasteiger partial charge in [0.1, 0.15) is 17.8 Å². The third-order valence-electron chi connectivity index (χ3n) is 4.84. The number of nitrogens with two attached hydrogens (primary N) is 1. The van der Waals surface area contributed by atoms with E-state index in [2.05, 4.69) is 26.8 Å². The predicted molar refractivity (Wildman–Crippen MR) is 105 cm³/mol. The zero-order chi connectivity index (χ0) is 19.0. The first kappa shape index (κ1) is 17.0. The number of likely N-dealkylation sites (tertiary alicyclic amines) is 1. The van der Waals surface area contributed by atoms with Crippen molar-refractivity contribution in [3.05, 3.63) is 47.8 Å². The number of benzene rings is 1. The van der Waals surface area contributed by atoms with Crippen LogP contribution < -0.4 is 5.73 Å². The topological polar surface area (TPSA) is 85.0 Å². The van der Waals surface area contributed by atoms with Crippen molar-refractivity contribution in [1.29, 1.82) is 0 Å². The van der Waals surface area contributed by atoms with E-state index < -0.39 is 0 Å². The van der Waals surface area contributed by atoms with Gasteiger partial charge in [0.2, 0.25) is 5.91 Å². The Hall–Kier alpha value is -3.46. The SMILES string of the molecule is Cc1ccc(C#C[C@H]2CCN(C)C2=O)cc1-c1ccc2ncnc(N)c2n1. The lowest BCUT2D eigenvalue weighted by Gasteiger charge is -2.08. The van der Waals surface area contributed by atoms with Gasteiger partial charge in [-0.1, -0.05) is 17.9 Å². The van der Waals surface area contributed by atoms with Crippen molar-refractivity contribution in [2.24, 2.45) is 5.92 Å². The monoisotopic (exact) mass is 357 g/mol. The average Bonchev–Trinajstić information content (AvgIpc) is 2.99. The average molecular weight is 357 g/mol. The standard InChI is InChI=1S/C21H19N5O/c1-13-3-4-14(5-6-15-9-10-26(2)21(15)27)11-16(13)17-7-8-18-19(25-17)20(22)24-12-23-18/h3-4,7-8,11-12,15H,9-10H2,1-2H3,(H2,22,23,24)/t15-/m0/s1. The zero-order valence-corrected chi connectivity index (χ0v) is 15.2. The predicted octanol–water partition coefficient (Wildman–Crippen LogP) is 2.41. The lowest BCUT2D eigenvalue weighted by molar-refractivity contribution is -0.128. The van der Waals surface area contributed by atoms with Gasteiger partial charge in [0.05, 0.1) is 11.2 Å². The molecule has 4 rings (SSSR count). The lowest BCUT2D eigenvalue weighted by Crippen LogP contribution is -2.21. The van der Waals surface area contributed by atoms with Crippen molar-refractivity contribution in [3.63, 3.8) is 0 Å². The number of anilines is 1. The van der Waals surface area contributed by atoms with Crippen LogP contribution in [0.2, 0.25) is 0 Å². The Kier molecular flexibility index (Phi) is 4.21. The summed E-state index contributed by atoms with van der Waals surface area (Å²) in [6.45, 7) is 2.79. The summed E-state index contributed by atoms with van der Waals surface area (Å²) >= 11 is 0. The fraction of sp³-hybridized carbons (Fsp3) is 0.238.